The number of hydrogen-bond acceptors (Lipinski definition) is 1. The van der Waals surface area contributed by atoms with Crippen LogP contribution in [0, 0.1) is 13.8 Å². The maximum absolute atomic E-state index is 13.3. The third-order valence-corrected chi connectivity index (χ3v) is 7.79. The molecule has 1 aromatic heterocycles. The number of aryl methyl sites for hydroxylation is 2. The van der Waals surface area contributed by atoms with Crippen molar-refractivity contribution in [3.63, 3.8) is 0 Å². The van der Waals surface area contributed by atoms with Gasteiger partial charge < -0.3 is 14.8 Å². The van der Waals surface area contributed by atoms with E-state index in [1.54, 1.807) is 4.90 Å². The molecule has 5 rings (SSSR count). The Labute approximate surface area is 205 Å². The molecule has 0 bridgehead atoms. The quantitative estimate of drug-likeness (QED) is 0.410. The van der Waals surface area contributed by atoms with E-state index in [4.69, 9.17) is 11.6 Å². The van der Waals surface area contributed by atoms with Gasteiger partial charge in [-0.1, -0.05) is 72.3 Å². The van der Waals surface area contributed by atoms with E-state index >= 15 is 0 Å². The van der Waals surface area contributed by atoms with Crippen LogP contribution in [0.2, 0.25) is 5.02 Å². The van der Waals surface area contributed by atoms with Crippen LogP contribution in [0.15, 0.2) is 77.6 Å². The van der Waals surface area contributed by atoms with Gasteiger partial charge in [-0.25, -0.2) is 0 Å². The lowest BCUT2D eigenvalue weighted by molar-refractivity contribution is -1.03. The first-order chi connectivity index (χ1) is 16.5. The van der Waals surface area contributed by atoms with E-state index in [9.17, 15) is 4.79 Å². The summed E-state index contributed by atoms with van der Waals surface area (Å²) in [7, 11) is 0. The average Bonchev–Trinajstić information content (AvgIpc) is 2.87. The van der Waals surface area contributed by atoms with Gasteiger partial charge in [0.15, 0.2) is 5.43 Å². The lowest BCUT2D eigenvalue weighted by Crippen LogP contribution is -3.27. The number of pyridine rings is 1. The molecule has 3 N–H and O–H groups in total. The predicted molar refractivity (Wildman–Crippen MR) is 139 cm³/mol. The third-order valence-electron chi connectivity index (χ3n) is 7.38. The Morgan fingerprint density at radius 2 is 1.44 bits per heavy atom. The van der Waals surface area contributed by atoms with Crippen molar-refractivity contribution in [2.45, 2.75) is 26.4 Å². The number of aromatic nitrogens is 1. The third kappa shape index (κ3) is 4.41. The summed E-state index contributed by atoms with van der Waals surface area (Å²) in [6.45, 7) is 8.96. The smallest absolute Gasteiger partial charge is 0.198 e. The molecule has 0 radical (unpaired) electrons. The number of halogens is 1. The second kappa shape index (κ2) is 9.75. The zero-order valence-electron chi connectivity index (χ0n) is 19.8. The zero-order valence-corrected chi connectivity index (χ0v) is 20.6. The van der Waals surface area contributed by atoms with Crippen LogP contribution in [0.3, 0.4) is 0 Å². The molecular formula is C29H32ClN3O+2. The minimum atomic E-state index is 0.139. The largest absolute Gasteiger partial charge is 0.358 e. The summed E-state index contributed by atoms with van der Waals surface area (Å²) in [5, 5.41) is 1.42. The molecule has 0 unspecified atom stereocenters. The molecule has 2 heterocycles. The minimum Gasteiger partial charge on any atom is -0.358 e. The van der Waals surface area contributed by atoms with Crippen LogP contribution in [0.5, 0.6) is 0 Å². The van der Waals surface area contributed by atoms with Crippen molar-refractivity contribution in [2.24, 2.45) is 0 Å². The molecule has 1 fully saturated rings. The summed E-state index contributed by atoms with van der Waals surface area (Å²) >= 11 is 6.29. The maximum atomic E-state index is 13.3. The molecule has 0 saturated carbocycles. The molecule has 3 aromatic carbocycles. The van der Waals surface area contributed by atoms with E-state index in [0.717, 1.165) is 60.4 Å². The van der Waals surface area contributed by atoms with Crippen molar-refractivity contribution < 1.29 is 9.80 Å². The van der Waals surface area contributed by atoms with Gasteiger partial charge in [0.05, 0.1) is 11.1 Å². The second-order valence-corrected chi connectivity index (χ2v) is 9.90. The number of fused-ring (bicyclic) bond motifs is 1. The fourth-order valence-electron chi connectivity index (χ4n) is 5.44. The maximum Gasteiger partial charge on any atom is 0.198 e. The molecule has 0 aliphatic carbocycles. The van der Waals surface area contributed by atoms with Crippen LogP contribution in [-0.4, -0.2) is 31.2 Å². The Bertz CT molecular complexity index is 1300. The van der Waals surface area contributed by atoms with Gasteiger partial charge in [-0.3, -0.25) is 4.79 Å². The summed E-state index contributed by atoms with van der Waals surface area (Å²) in [5.41, 5.74) is 6.51. The van der Waals surface area contributed by atoms with Gasteiger partial charge in [0, 0.05) is 27.2 Å². The highest BCUT2D eigenvalue weighted by Gasteiger charge is 2.32. The van der Waals surface area contributed by atoms with Crippen molar-refractivity contribution >= 4 is 22.5 Å². The van der Waals surface area contributed by atoms with E-state index < -0.39 is 0 Å². The Balaban J connectivity index is 1.36. The molecule has 0 atom stereocenters. The molecule has 1 aliphatic heterocycles. The Hall–Kier alpha value is -2.92. The summed E-state index contributed by atoms with van der Waals surface area (Å²) in [5.74, 6) is 0. The monoisotopic (exact) mass is 473 g/mol. The number of aromatic amines is 1. The average molecular weight is 474 g/mol. The Morgan fingerprint density at radius 1 is 0.853 bits per heavy atom. The van der Waals surface area contributed by atoms with Gasteiger partial charge in [-0.05, 0) is 31.5 Å². The molecule has 1 aliphatic rings. The van der Waals surface area contributed by atoms with Crippen molar-refractivity contribution in [1.82, 2.24) is 4.98 Å². The van der Waals surface area contributed by atoms with E-state index in [-0.39, 0.29) is 5.43 Å². The highest BCUT2D eigenvalue weighted by molar-refractivity contribution is 6.32. The number of nitrogens with one attached hydrogen (secondary N) is 3. The van der Waals surface area contributed by atoms with Gasteiger partial charge in [-0.15, -0.1) is 0 Å². The van der Waals surface area contributed by atoms with Crippen molar-refractivity contribution in [3.05, 3.63) is 116 Å². The first-order valence-electron chi connectivity index (χ1n) is 12.1. The van der Waals surface area contributed by atoms with Crippen molar-refractivity contribution in [1.29, 1.82) is 0 Å². The van der Waals surface area contributed by atoms with Crippen molar-refractivity contribution in [3.8, 4) is 0 Å². The van der Waals surface area contributed by atoms with Gasteiger partial charge in [0.2, 0.25) is 0 Å². The number of quaternary nitrogens is 2. The van der Waals surface area contributed by atoms with Crippen molar-refractivity contribution in [2.75, 3.05) is 26.2 Å². The Kier molecular flexibility index (Phi) is 6.55. The summed E-state index contributed by atoms with van der Waals surface area (Å²) in [6.07, 6.45) is 0. The molecule has 1 saturated heterocycles. The molecule has 34 heavy (non-hydrogen) atoms. The normalized spacial score (nSPS) is 18.5. The second-order valence-electron chi connectivity index (χ2n) is 9.49. The van der Waals surface area contributed by atoms with E-state index in [1.807, 2.05) is 26.0 Å². The summed E-state index contributed by atoms with van der Waals surface area (Å²) in [6, 6.07) is 25.7. The van der Waals surface area contributed by atoms with Gasteiger partial charge in [0.1, 0.15) is 38.8 Å². The standard InChI is InChI=1S/C29H30ClN3O/c1-20-26(30)14-13-24-27(20)31-21(2)25(29(24)34)19-32-15-17-33(18-16-32)28(22-9-5-3-6-10-22)23-11-7-4-8-12-23/h3-14,28H,15-19H2,1-2H3,(H,31,34)/p+2. The Morgan fingerprint density at radius 3 is 2.03 bits per heavy atom. The van der Waals surface area contributed by atoms with E-state index in [2.05, 4.69) is 65.6 Å². The topological polar surface area (TPSA) is 41.7 Å². The minimum absolute atomic E-state index is 0.139. The van der Waals surface area contributed by atoms with E-state index in [0.29, 0.717) is 11.1 Å². The molecular weight excluding hydrogens is 442 g/mol. The van der Waals surface area contributed by atoms with Crippen LogP contribution in [0.1, 0.15) is 34.0 Å². The molecule has 4 nitrogen and oxygen atoms in total. The summed E-state index contributed by atoms with van der Waals surface area (Å²) in [4.78, 5) is 19.9. The molecule has 0 amide bonds. The van der Waals surface area contributed by atoms with Crippen LogP contribution >= 0.6 is 11.6 Å². The molecule has 4 aromatic rings. The van der Waals surface area contributed by atoms with Crippen LogP contribution in [0.25, 0.3) is 10.9 Å². The van der Waals surface area contributed by atoms with Gasteiger partial charge in [0.25, 0.3) is 0 Å². The SMILES string of the molecule is Cc1[nH]c2c(C)c(Cl)ccc2c(=O)c1C[NH+]1CC[NH+](C(c2ccccc2)c2ccccc2)CC1. The van der Waals surface area contributed by atoms with Gasteiger partial charge in [-0.2, -0.15) is 0 Å². The summed E-state index contributed by atoms with van der Waals surface area (Å²) < 4.78 is 0. The highest BCUT2D eigenvalue weighted by atomic mass is 35.5. The van der Waals surface area contributed by atoms with Crippen LogP contribution in [-0.2, 0) is 6.54 Å². The van der Waals surface area contributed by atoms with Gasteiger partial charge >= 0.3 is 0 Å². The molecule has 5 heteroatoms. The number of rotatable bonds is 5. The van der Waals surface area contributed by atoms with Crippen LogP contribution in [0.4, 0.5) is 0 Å². The number of piperazine rings is 1. The number of benzene rings is 3. The molecule has 0 spiro atoms. The van der Waals surface area contributed by atoms with Crippen LogP contribution < -0.4 is 15.2 Å². The molecule has 174 valence electrons. The predicted octanol–water partition coefficient (Wildman–Crippen LogP) is 2.87. The lowest BCUT2D eigenvalue weighted by Gasteiger charge is -2.35. The lowest BCUT2D eigenvalue weighted by atomic mass is 9.96. The first-order valence-corrected chi connectivity index (χ1v) is 12.5. The number of hydrogen-bond donors (Lipinski definition) is 3. The number of H-pyrrole nitrogens is 1. The fraction of sp³-hybridized carbons (Fsp3) is 0.276. The first kappa shape index (κ1) is 22.9. The van der Waals surface area contributed by atoms with E-state index in [1.165, 1.54) is 16.0 Å². The fourth-order valence-corrected chi connectivity index (χ4v) is 5.60. The highest BCUT2D eigenvalue weighted by Crippen LogP contribution is 2.23. The zero-order chi connectivity index (χ0) is 23.7.